The zero-order valence-corrected chi connectivity index (χ0v) is 18.5. The van der Waals surface area contributed by atoms with Gasteiger partial charge in [-0.1, -0.05) is 18.2 Å². The van der Waals surface area contributed by atoms with E-state index in [1.165, 1.54) is 22.8 Å². The Kier molecular flexibility index (Phi) is 6.10. The van der Waals surface area contributed by atoms with Crippen LogP contribution in [-0.2, 0) is 7.05 Å². The van der Waals surface area contributed by atoms with E-state index in [1.807, 2.05) is 6.08 Å². The Labute approximate surface area is 189 Å². The summed E-state index contributed by atoms with van der Waals surface area (Å²) in [5, 5.41) is 20.8. The largest absolute Gasteiger partial charge is 0.381 e. The number of hydrogen-bond donors (Lipinski definition) is 3. The van der Waals surface area contributed by atoms with Crippen LogP contribution in [0.1, 0.15) is 39.5 Å². The molecule has 1 atom stereocenters. The van der Waals surface area contributed by atoms with Crippen molar-refractivity contribution in [1.29, 1.82) is 0 Å². The van der Waals surface area contributed by atoms with Crippen molar-refractivity contribution in [2.24, 2.45) is 7.05 Å². The highest BCUT2D eigenvalue weighted by atomic mass is 32.1. The molecule has 4 rings (SSSR count). The van der Waals surface area contributed by atoms with Crippen molar-refractivity contribution in [3.63, 3.8) is 0 Å². The van der Waals surface area contributed by atoms with Gasteiger partial charge in [-0.2, -0.15) is 5.10 Å². The lowest BCUT2D eigenvalue weighted by Crippen LogP contribution is -2.33. The normalized spacial score (nSPS) is 14.3. The van der Waals surface area contributed by atoms with Gasteiger partial charge in [0.2, 0.25) is 0 Å². The molecule has 0 saturated heterocycles. The molecule has 166 valence electrons. The van der Waals surface area contributed by atoms with E-state index in [0.29, 0.717) is 17.2 Å². The number of aliphatic hydroxyl groups excluding tert-OH is 1. The molecule has 32 heavy (non-hydrogen) atoms. The second kappa shape index (κ2) is 8.97. The lowest BCUT2D eigenvalue weighted by atomic mass is 10.1. The highest BCUT2D eigenvalue weighted by Crippen LogP contribution is 2.21. The maximum atomic E-state index is 13.0. The molecule has 0 bridgehead atoms. The highest BCUT2D eigenvalue weighted by Gasteiger charge is 2.25. The van der Waals surface area contributed by atoms with E-state index in [4.69, 9.17) is 0 Å². The summed E-state index contributed by atoms with van der Waals surface area (Å²) in [4.78, 5) is 31.5. The summed E-state index contributed by atoms with van der Waals surface area (Å²) in [5.74, 6) is -0.309. The molecule has 0 aliphatic heterocycles. The number of pyridine rings is 1. The fourth-order valence-electron chi connectivity index (χ4n) is 3.45. The van der Waals surface area contributed by atoms with Gasteiger partial charge in [-0.15, -0.1) is 17.7 Å². The van der Waals surface area contributed by atoms with Crippen LogP contribution < -0.4 is 5.32 Å². The monoisotopic (exact) mass is 453 g/mol. The number of aryl methyl sites for hydroxylation is 1. The number of aromatic nitrogens is 5. The van der Waals surface area contributed by atoms with Crippen LogP contribution in [0.2, 0.25) is 0 Å². The highest BCUT2D eigenvalue weighted by molar-refractivity contribution is 7.80. The molecule has 1 unspecified atom stereocenters. The third-order valence-corrected chi connectivity index (χ3v) is 5.18. The van der Waals surface area contributed by atoms with Crippen LogP contribution in [0.25, 0.3) is 11.2 Å². The van der Waals surface area contributed by atoms with Gasteiger partial charge in [0, 0.05) is 37.6 Å². The van der Waals surface area contributed by atoms with Gasteiger partial charge in [0.05, 0.1) is 18.3 Å². The van der Waals surface area contributed by atoms with Gasteiger partial charge in [-0.05, 0) is 18.9 Å². The van der Waals surface area contributed by atoms with E-state index >= 15 is 0 Å². The lowest BCUT2D eigenvalue weighted by molar-refractivity contribution is 0.0748. The summed E-state index contributed by atoms with van der Waals surface area (Å²) in [6.45, 7) is 0.00933. The number of nitrogens with one attached hydrogen (secondary N) is 1. The van der Waals surface area contributed by atoms with Gasteiger partial charge in [-0.3, -0.25) is 14.3 Å². The molecule has 1 aliphatic rings. The van der Waals surface area contributed by atoms with Crippen LogP contribution in [0.15, 0.2) is 42.8 Å². The predicted molar refractivity (Wildman–Crippen MR) is 122 cm³/mol. The quantitative estimate of drug-likeness (QED) is 0.387. The second-order valence-corrected chi connectivity index (χ2v) is 8.04. The van der Waals surface area contributed by atoms with Gasteiger partial charge in [0.15, 0.2) is 11.5 Å². The molecule has 0 saturated carbocycles. The number of carbonyl (C=O) groups excluding carboxylic acids is 2. The summed E-state index contributed by atoms with van der Waals surface area (Å²) in [6.07, 6.45) is 11.2. The number of anilines is 1. The molecule has 0 fully saturated rings. The van der Waals surface area contributed by atoms with E-state index in [1.54, 1.807) is 29.9 Å². The third kappa shape index (κ3) is 4.43. The van der Waals surface area contributed by atoms with Crippen molar-refractivity contribution >= 4 is 41.4 Å². The van der Waals surface area contributed by atoms with Crippen LogP contribution in [0, 0.1) is 0 Å². The van der Waals surface area contributed by atoms with Crippen molar-refractivity contribution < 1.29 is 14.7 Å². The van der Waals surface area contributed by atoms with E-state index in [-0.39, 0.29) is 17.8 Å². The molecule has 0 aromatic carbocycles. The molecule has 10 nitrogen and oxygen atoms in total. The fraction of sp³-hybridized carbons (Fsp3) is 0.286. The van der Waals surface area contributed by atoms with E-state index < -0.39 is 17.3 Å². The zero-order chi connectivity index (χ0) is 22.8. The van der Waals surface area contributed by atoms with Crippen LogP contribution in [0.5, 0.6) is 0 Å². The smallest absolute Gasteiger partial charge is 0.274 e. The molecule has 0 spiro atoms. The minimum absolute atomic E-state index is 0.00933. The first-order valence-electron chi connectivity index (χ1n) is 10.0. The Morgan fingerprint density at radius 2 is 2.19 bits per heavy atom. The first-order valence-corrected chi connectivity index (χ1v) is 10.5. The van der Waals surface area contributed by atoms with Crippen molar-refractivity contribution in [2.45, 2.75) is 18.3 Å². The molecule has 11 heteroatoms. The summed E-state index contributed by atoms with van der Waals surface area (Å²) in [7, 11) is 3.10. The van der Waals surface area contributed by atoms with Crippen LogP contribution in [-0.4, -0.2) is 65.2 Å². The number of aliphatic hydroxyl groups is 1. The van der Waals surface area contributed by atoms with Crippen molar-refractivity contribution in [1.82, 2.24) is 29.3 Å². The van der Waals surface area contributed by atoms with Crippen molar-refractivity contribution in [3.05, 3.63) is 59.8 Å². The zero-order valence-electron chi connectivity index (χ0n) is 17.6. The van der Waals surface area contributed by atoms with Crippen molar-refractivity contribution in [3.8, 4) is 0 Å². The van der Waals surface area contributed by atoms with Crippen LogP contribution in [0.4, 0.5) is 5.69 Å². The Balaban J connectivity index is 1.56. The number of thiol groups is 1. The Hall–Kier alpha value is -3.44. The van der Waals surface area contributed by atoms with Crippen LogP contribution >= 0.6 is 12.6 Å². The molecule has 1 aliphatic carbocycles. The lowest BCUT2D eigenvalue weighted by Gasteiger charge is -2.18. The number of carbonyl (C=O) groups is 2. The van der Waals surface area contributed by atoms with Gasteiger partial charge in [-0.25, -0.2) is 9.50 Å². The minimum Gasteiger partial charge on any atom is -0.381 e. The van der Waals surface area contributed by atoms with Crippen molar-refractivity contribution in [2.75, 3.05) is 18.9 Å². The van der Waals surface area contributed by atoms with Gasteiger partial charge in [0.1, 0.15) is 11.1 Å². The second-order valence-electron chi connectivity index (χ2n) is 7.44. The Morgan fingerprint density at radius 3 is 2.91 bits per heavy atom. The molecule has 3 heterocycles. The predicted octanol–water partition coefficient (Wildman–Crippen LogP) is 1.77. The summed E-state index contributed by atoms with van der Waals surface area (Å²) in [6, 6.07) is 3.42. The Morgan fingerprint density at radius 1 is 1.38 bits per heavy atom. The van der Waals surface area contributed by atoms with Crippen LogP contribution in [0.3, 0.4) is 0 Å². The fourth-order valence-corrected chi connectivity index (χ4v) is 3.69. The number of allylic oxidation sites excluding steroid dienone is 4. The molecule has 0 radical (unpaired) electrons. The number of fused-ring (bicyclic) bond motifs is 1. The summed E-state index contributed by atoms with van der Waals surface area (Å²) in [5.41, 5.74) is 1.31. The number of nitrogens with zero attached hydrogens (tertiary/aromatic N) is 6. The molecular formula is C21H23N7O3S. The van der Waals surface area contributed by atoms with Gasteiger partial charge in [0.25, 0.3) is 11.8 Å². The van der Waals surface area contributed by atoms with E-state index in [9.17, 15) is 14.7 Å². The first-order chi connectivity index (χ1) is 15.3. The average Bonchev–Trinajstić information content (AvgIpc) is 3.36. The van der Waals surface area contributed by atoms with E-state index in [2.05, 4.69) is 45.3 Å². The molecule has 2 amide bonds. The number of rotatable bonds is 6. The average molecular weight is 454 g/mol. The Bertz CT molecular complexity index is 1240. The molecule has 2 N–H and O–H groups in total. The number of likely N-dealkylation sites (N-methyl/N-ethyl adjacent to an activating group) is 1. The maximum Gasteiger partial charge on any atom is 0.274 e. The minimum atomic E-state index is -0.988. The maximum absolute atomic E-state index is 13.0. The molecule has 3 aromatic rings. The standard InChI is InChI=1S/C21H23N7O3S/c1-26(12-17(29)32)21(31)15-11-22-27(2)18(15)20(30)23-14-8-9-28-16(10-14)24-19(25-28)13-6-4-3-5-7-13/h4,6-11,17,29,32H,3,5,12H2,1-2H3,(H,23,30). The summed E-state index contributed by atoms with van der Waals surface area (Å²) < 4.78 is 2.98. The number of amides is 2. The van der Waals surface area contributed by atoms with E-state index in [0.717, 1.165) is 18.4 Å². The first kappa shape index (κ1) is 21.8. The summed E-state index contributed by atoms with van der Waals surface area (Å²) >= 11 is 3.89. The number of hydrogen-bond acceptors (Lipinski definition) is 7. The SMILES string of the molecule is CN(CC(O)S)C(=O)c1cnn(C)c1C(=O)Nc1ccn2nc(C3=CCCC=C3)nc2c1. The van der Waals surface area contributed by atoms with Gasteiger partial charge < -0.3 is 15.3 Å². The molecular weight excluding hydrogens is 430 g/mol. The van der Waals surface area contributed by atoms with Gasteiger partial charge >= 0.3 is 0 Å². The topological polar surface area (TPSA) is 118 Å². The third-order valence-electron chi connectivity index (χ3n) is 5.02. The molecule has 3 aromatic heterocycles.